The second-order valence-electron chi connectivity index (χ2n) is 9.93. The lowest BCUT2D eigenvalue weighted by molar-refractivity contribution is -0.129. The Kier molecular flexibility index (Phi) is 8.27. The fourth-order valence-electron chi connectivity index (χ4n) is 4.45. The van der Waals surface area contributed by atoms with Crippen LogP contribution in [0.25, 0.3) is 11.0 Å². The summed E-state index contributed by atoms with van der Waals surface area (Å²) in [7, 11) is -3.96. The number of nitrogens with zero attached hydrogens (tertiary/aromatic N) is 2. The molecule has 4 rings (SSSR count). The van der Waals surface area contributed by atoms with Crippen LogP contribution in [0.3, 0.4) is 0 Å². The van der Waals surface area contributed by atoms with Crippen LogP contribution >= 0.6 is 0 Å². The number of sulfonamides is 1. The van der Waals surface area contributed by atoms with Gasteiger partial charge in [0.05, 0.1) is 12.6 Å². The van der Waals surface area contributed by atoms with Gasteiger partial charge in [0.15, 0.2) is 16.6 Å². The van der Waals surface area contributed by atoms with Crippen LogP contribution in [0.5, 0.6) is 0 Å². The maximum absolute atomic E-state index is 13.2. The summed E-state index contributed by atoms with van der Waals surface area (Å²) in [6, 6.07) is 11.8. The maximum Gasteiger partial charge on any atom is 0.287 e. The summed E-state index contributed by atoms with van der Waals surface area (Å²) >= 11 is 0. The zero-order valence-corrected chi connectivity index (χ0v) is 22.5. The predicted molar refractivity (Wildman–Crippen MR) is 141 cm³/mol. The number of ketones is 1. The van der Waals surface area contributed by atoms with Crippen LogP contribution in [0.1, 0.15) is 49.4 Å². The van der Waals surface area contributed by atoms with E-state index in [0.29, 0.717) is 24.1 Å². The van der Waals surface area contributed by atoms with Crippen molar-refractivity contribution in [3.8, 4) is 0 Å². The lowest BCUT2D eigenvalue weighted by Gasteiger charge is -2.23. The lowest BCUT2D eigenvalue weighted by atomic mass is 10.0. The smallest absolute Gasteiger partial charge is 0.287 e. The Bertz CT molecular complexity index is 1420. The van der Waals surface area contributed by atoms with E-state index >= 15 is 0 Å². The molecule has 1 aliphatic rings. The van der Waals surface area contributed by atoms with E-state index in [0.717, 1.165) is 9.69 Å². The van der Waals surface area contributed by atoms with Gasteiger partial charge in [-0.15, -0.1) is 0 Å². The molecule has 1 unspecified atom stereocenters. The van der Waals surface area contributed by atoms with E-state index in [1.54, 1.807) is 37.3 Å². The Labute approximate surface area is 221 Å². The molecule has 202 valence electrons. The van der Waals surface area contributed by atoms with Crippen LogP contribution < -0.4 is 10.6 Å². The van der Waals surface area contributed by atoms with Gasteiger partial charge in [-0.25, -0.2) is 13.4 Å². The SMILES string of the molecule is Cc1cccc(S(=O)(=O)N2CCCC(NC(=O)[C@H](CC(C)C)NC(=O)c3cc4ccccc4o3)C(=O)C2)n1. The number of amides is 2. The van der Waals surface area contributed by atoms with E-state index in [1.807, 2.05) is 26.0 Å². The zero-order valence-electron chi connectivity index (χ0n) is 21.6. The summed E-state index contributed by atoms with van der Waals surface area (Å²) in [5.74, 6) is -1.29. The largest absolute Gasteiger partial charge is 0.451 e. The van der Waals surface area contributed by atoms with E-state index in [9.17, 15) is 22.8 Å². The summed E-state index contributed by atoms with van der Waals surface area (Å²) in [5, 5.41) is 6.14. The molecule has 0 saturated carbocycles. The molecular formula is C27H32N4O6S. The molecule has 0 aliphatic carbocycles. The molecule has 1 saturated heterocycles. The van der Waals surface area contributed by atoms with Crippen molar-refractivity contribution in [1.29, 1.82) is 0 Å². The molecular weight excluding hydrogens is 508 g/mol. The minimum Gasteiger partial charge on any atom is -0.451 e. The average molecular weight is 541 g/mol. The summed E-state index contributed by atoms with van der Waals surface area (Å²) in [6.07, 6.45) is 1.00. The van der Waals surface area contributed by atoms with Crippen molar-refractivity contribution in [2.75, 3.05) is 13.1 Å². The van der Waals surface area contributed by atoms with E-state index in [-0.39, 0.29) is 36.2 Å². The molecule has 2 amide bonds. The molecule has 2 N–H and O–H groups in total. The maximum atomic E-state index is 13.2. The zero-order chi connectivity index (χ0) is 27.4. The third kappa shape index (κ3) is 6.28. The predicted octanol–water partition coefficient (Wildman–Crippen LogP) is 2.82. The summed E-state index contributed by atoms with van der Waals surface area (Å²) in [4.78, 5) is 43.3. The highest BCUT2D eigenvalue weighted by molar-refractivity contribution is 7.89. The topological polar surface area (TPSA) is 139 Å². The molecule has 1 aromatic carbocycles. The molecule has 38 heavy (non-hydrogen) atoms. The van der Waals surface area contributed by atoms with Crippen LogP contribution in [0.2, 0.25) is 0 Å². The quantitative estimate of drug-likeness (QED) is 0.448. The molecule has 10 nitrogen and oxygen atoms in total. The van der Waals surface area contributed by atoms with Crippen LogP contribution in [0, 0.1) is 12.8 Å². The van der Waals surface area contributed by atoms with Gasteiger partial charge in [-0.2, -0.15) is 4.31 Å². The number of aromatic nitrogens is 1. The number of nitrogens with one attached hydrogen (secondary N) is 2. The number of furan rings is 1. The molecule has 1 aliphatic heterocycles. The van der Waals surface area contributed by atoms with Crippen molar-refractivity contribution in [2.45, 2.75) is 57.1 Å². The average Bonchev–Trinajstić information content (AvgIpc) is 3.22. The minimum absolute atomic E-state index is 0.0778. The summed E-state index contributed by atoms with van der Waals surface area (Å²) < 4.78 is 32.9. The van der Waals surface area contributed by atoms with E-state index in [2.05, 4.69) is 15.6 Å². The third-order valence-electron chi connectivity index (χ3n) is 6.38. The second-order valence-corrected chi connectivity index (χ2v) is 11.8. The summed E-state index contributed by atoms with van der Waals surface area (Å²) in [5.41, 5.74) is 1.12. The van der Waals surface area contributed by atoms with Crippen LogP contribution in [-0.4, -0.2) is 60.5 Å². The van der Waals surface area contributed by atoms with Crippen molar-refractivity contribution >= 4 is 38.6 Å². The Morgan fingerprint density at radius 1 is 1.16 bits per heavy atom. The monoisotopic (exact) mass is 540 g/mol. The van der Waals surface area contributed by atoms with E-state index < -0.39 is 39.7 Å². The van der Waals surface area contributed by atoms with Gasteiger partial charge in [0.25, 0.3) is 15.9 Å². The van der Waals surface area contributed by atoms with Gasteiger partial charge in [-0.1, -0.05) is 38.1 Å². The van der Waals surface area contributed by atoms with Crippen molar-refractivity contribution in [3.63, 3.8) is 0 Å². The highest BCUT2D eigenvalue weighted by atomic mass is 32.2. The highest BCUT2D eigenvalue weighted by Gasteiger charge is 2.35. The van der Waals surface area contributed by atoms with Gasteiger partial charge in [-0.05, 0) is 56.4 Å². The number of rotatable bonds is 8. The van der Waals surface area contributed by atoms with Gasteiger partial charge in [0, 0.05) is 17.6 Å². The van der Waals surface area contributed by atoms with Gasteiger partial charge in [-0.3, -0.25) is 14.4 Å². The summed E-state index contributed by atoms with van der Waals surface area (Å²) in [6.45, 7) is 5.30. The molecule has 0 radical (unpaired) electrons. The normalized spacial score (nSPS) is 17.8. The van der Waals surface area contributed by atoms with Crippen molar-refractivity contribution in [1.82, 2.24) is 19.9 Å². The third-order valence-corrected chi connectivity index (χ3v) is 8.13. The van der Waals surface area contributed by atoms with Gasteiger partial charge >= 0.3 is 0 Å². The first kappa shape index (κ1) is 27.5. The fraction of sp³-hybridized carbons (Fsp3) is 0.407. The van der Waals surface area contributed by atoms with Crippen molar-refractivity contribution in [2.24, 2.45) is 5.92 Å². The number of pyridine rings is 1. The van der Waals surface area contributed by atoms with Crippen LogP contribution in [0.15, 0.2) is 58.0 Å². The molecule has 2 aromatic heterocycles. The number of benzene rings is 1. The first-order chi connectivity index (χ1) is 18.0. The van der Waals surface area contributed by atoms with Crippen LogP contribution in [0.4, 0.5) is 0 Å². The Morgan fingerprint density at radius 2 is 1.92 bits per heavy atom. The number of carbonyl (C=O) groups is 3. The number of Topliss-reactive ketones (excluding diaryl/α,β-unsaturated/α-hetero) is 1. The van der Waals surface area contributed by atoms with Crippen molar-refractivity contribution in [3.05, 3.63) is 60.0 Å². The van der Waals surface area contributed by atoms with Gasteiger partial charge in [0.1, 0.15) is 11.6 Å². The molecule has 2 atom stereocenters. The molecule has 0 bridgehead atoms. The number of fused-ring (bicyclic) bond motifs is 1. The molecule has 3 heterocycles. The minimum atomic E-state index is -3.96. The molecule has 11 heteroatoms. The highest BCUT2D eigenvalue weighted by Crippen LogP contribution is 2.20. The Morgan fingerprint density at radius 3 is 2.63 bits per heavy atom. The van der Waals surface area contributed by atoms with E-state index in [1.165, 1.54) is 6.07 Å². The molecule has 0 spiro atoms. The lowest BCUT2D eigenvalue weighted by Crippen LogP contribution is -2.52. The first-order valence-corrected chi connectivity index (χ1v) is 14.0. The Hall–Kier alpha value is -3.57. The number of hydrogen-bond acceptors (Lipinski definition) is 7. The second kappa shape index (κ2) is 11.4. The number of aryl methyl sites for hydroxylation is 1. The molecule has 3 aromatic rings. The van der Waals surface area contributed by atoms with Crippen LogP contribution in [-0.2, 0) is 19.6 Å². The number of para-hydroxylation sites is 1. The Balaban J connectivity index is 1.44. The molecule has 1 fully saturated rings. The van der Waals surface area contributed by atoms with Gasteiger partial charge < -0.3 is 15.1 Å². The van der Waals surface area contributed by atoms with Crippen molar-refractivity contribution < 1.29 is 27.2 Å². The number of hydrogen-bond donors (Lipinski definition) is 2. The number of carbonyl (C=O) groups excluding carboxylic acids is 3. The van der Waals surface area contributed by atoms with Gasteiger partial charge in [0.2, 0.25) is 5.91 Å². The fourth-order valence-corrected chi connectivity index (χ4v) is 5.89. The standard InChI is InChI=1S/C27H32N4O6S/c1-17(2)14-21(30-27(34)24-15-19-9-4-5-11-23(19)37-24)26(33)29-20-10-7-13-31(16-22(20)32)38(35,36)25-12-6-8-18(3)28-25/h4-6,8-9,11-12,15,17,20-21H,7,10,13-14,16H2,1-3H3,(H,29,33)(H,30,34)/t20?,21-/m0/s1. The van der Waals surface area contributed by atoms with E-state index in [4.69, 9.17) is 4.42 Å². The first-order valence-electron chi connectivity index (χ1n) is 12.6.